The molecule has 1 atom stereocenters. The molecule has 0 aliphatic carbocycles. The van der Waals surface area contributed by atoms with Gasteiger partial charge in [-0.15, -0.1) is 17.4 Å². The number of aliphatic imine (C=N–C) groups is 2. The van der Waals surface area contributed by atoms with Crippen molar-refractivity contribution in [2.45, 2.75) is 85.8 Å². The fraction of sp³-hybridized carbons (Fsp3) is 0.619. The molecule has 1 aromatic heterocycles. The van der Waals surface area contributed by atoms with Gasteiger partial charge in [0.2, 0.25) is 17.7 Å². The molecule has 26 heteroatoms. The van der Waals surface area contributed by atoms with Gasteiger partial charge in [-0.2, -0.15) is 24.4 Å². The number of nitrogens with two attached hydrogens (primary N) is 3. The van der Waals surface area contributed by atoms with Crippen LogP contribution in [0.25, 0.3) is 10.4 Å². The van der Waals surface area contributed by atoms with Gasteiger partial charge in [0.1, 0.15) is 6.29 Å². The van der Waals surface area contributed by atoms with E-state index in [0.29, 0.717) is 12.9 Å². The van der Waals surface area contributed by atoms with E-state index in [-0.39, 0.29) is 34.8 Å². The Morgan fingerprint density at radius 1 is 1.00 bits per heavy atom. The molecule has 1 fully saturated rings. The Bertz CT molecular complexity index is 1470. The Balaban J connectivity index is -0.0000000509. The number of azide groups is 1. The van der Waals surface area contributed by atoms with Gasteiger partial charge in [-0.1, -0.05) is 50.2 Å². The fourth-order valence-corrected chi connectivity index (χ4v) is 2.86. The molecule has 1 unspecified atom stereocenters. The number of aldehydes is 1. The summed E-state index contributed by atoms with van der Waals surface area (Å²) in [6.07, 6.45) is 19.5. The summed E-state index contributed by atoms with van der Waals surface area (Å²) in [5, 5.41) is 14.9. The molecule has 3 heterocycles. The summed E-state index contributed by atoms with van der Waals surface area (Å²) >= 11 is 14.0. The number of carbonyl (C=O) groups excluding carboxylic acids is 7. The molecule has 5 amide bonds. The molecule has 0 spiro atoms. The zero-order valence-electron chi connectivity index (χ0n) is 44.3. The van der Waals surface area contributed by atoms with Crippen molar-refractivity contribution in [1.29, 1.82) is 0 Å². The first kappa shape index (κ1) is 92.9. The van der Waals surface area contributed by atoms with E-state index in [9.17, 15) is 24.0 Å². The number of ether oxygens (including phenoxy) is 1. The minimum atomic E-state index is -0.241. The normalized spacial score (nSPS) is 10.6. The third-order valence-corrected chi connectivity index (χ3v) is 7.24. The molecule has 2 aliphatic heterocycles. The van der Waals surface area contributed by atoms with Crippen molar-refractivity contribution >= 4 is 107 Å². The molecular weight excluding hydrogens is 957 g/mol. The third kappa shape index (κ3) is 95.1. The number of aromatic nitrogens is 3. The van der Waals surface area contributed by atoms with Crippen LogP contribution >= 0.6 is 48.8 Å². The number of nitrogens with zero attached hydrogens (tertiary/aromatic N) is 10. The lowest BCUT2D eigenvalue weighted by Gasteiger charge is -2.04. The molecule has 22 nitrogen and oxygen atoms in total. The van der Waals surface area contributed by atoms with Crippen LogP contribution in [0, 0.1) is 12.3 Å². The predicted molar refractivity (Wildman–Crippen MR) is 295 cm³/mol. The van der Waals surface area contributed by atoms with Crippen molar-refractivity contribution in [2.24, 2.45) is 39.3 Å². The molecule has 68 heavy (non-hydrogen) atoms. The Morgan fingerprint density at radius 3 is 1.41 bits per heavy atom. The van der Waals surface area contributed by atoms with Crippen LogP contribution in [-0.2, 0) is 51.8 Å². The molecule has 7 N–H and O–H groups in total. The number of carbonyl (C=O) groups is 7. The average Bonchev–Trinajstić information content (AvgIpc) is 4.04. The quantitative estimate of drug-likeness (QED) is 0.0310. The van der Waals surface area contributed by atoms with Crippen molar-refractivity contribution in [3.05, 3.63) is 34.5 Å². The Hall–Kier alpha value is -5.22. The van der Waals surface area contributed by atoms with E-state index < -0.39 is 0 Å². The molecule has 0 bridgehead atoms. The zero-order valence-corrected chi connectivity index (χ0v) is 47.6. The van der Waals surface area contributed by atoms with Gasteiger partial charge in [0, 0.05) is 92.4 Å². The van der Waals surface area contributed by atoms with Gasteiger partial charge in [-0.25, -0.2) is 4.99 Å². The maximum absolute atomic E-state index is 11.0. The van der Waals surface area contributed by atoms with Crippen LogP contribution in [0.1, 0.15) is 79.8 Å². The van der Waals surface area contributed by atoms with Gasteiger partial charge in [0.15, 0.2) is 0 Å². The van der Waals surface area contributed by atoms with Crippen LogP contribution in [-0.4, -0.2) is 172 Å². The number of likely N-dealkylation sites (tertiary alicyclic amines) is 1. The van der Waals surface area contributed by atoms with Crippen LogP contribution in [0.15, 0.2) is 33.4 Å². The number of aryl methyl sites for hydroxylation is 2. The zero-order chi connectivity index (χ0) is 56.9. The van der Waals surface area contributed by atoms with Gasteiger partial charge in [0.25, 0.3) is 18.3 Å². The minimum absolute atomic E-state index is 0.00463. The second-order valence-corrected chi connectivity index (χ2v) is 11.6. The number of isothiocyanates is 1. The van der Waals surface area contributed by atoms with E-state index in [0.717, 1.165) is 42.6 Å². The number of thiocarbonyl (C=S) groups is 2. The number of amides is 5. The summed E-state index contributed by atoms with van der Waals surface area (Å²) in [5.41, 5.74) is 21.9. The SMILES string of the molecule is C#CCC.CC=NC.CC=O.CCC(=S)CC.CCc1cn(C)nn1.CN.CN.CN.CN1C(=O)C=CC1=O.CN=C=S.CN=[N+]=[N-].CNC(C)=O.COC=O.CS.CSC1CC(=O)N(C)C1=O. The number of rotatable bonds is 5. The van der Waals surface area contributed by atoms with Crippen LogP contribution in [0.3, 0.4) is 0 Å². The molecule has 0 saturated carbocycles. The van der Waals surface area contributed by atoms with E-state index >= 15 is 0 Å². The molecule has 2 aliphatic rings. The van der Waals surface area contributed by atoms with Crippen LogP contribution < -0.4 is 22.5 Å². The van der Waals surface area contributed by atoms with Crippen LogP contribution in [0.2, 0.25) is 0 Å². The average molecular weight is 1040 g/mol. The number of hydrogen-bond acceptors (Lipinski definition) is 20. The first-order valence-corrected chi connectivity index (χ1v) is 22.9. The summed E-state index contributed by atoms with van der Waals surface area (Å²) in [6, 6.07) is 0. The lowest BCUT2D eigenvalue weighted by Crippen LogP contribution is -2.26. The van der Waals surface area contributed by atoms with Gasteiger partial charge < -0.3 is 37.0 Å². The number of methoxy groups -OCH3 is 1. The highest BCUT2D eigenvalue weighted by Gasteiger charge is 2.35. The van der Waals surface area contributed by atoms with Gasteiger partial charge in [-0.05, 0) is 95.6 Å². The first-order valence-electron chi connectivity index (χ1n) is 19.9. The number of terminal acetylenes is 1. The van der Waals surface area contributed by atoms with Crippen molar-refractivity contribution in [1.82, 2.24) is 30.1 Å². The van der Waals surface area contributed by atoms with Crippen molar-refractivity contribution in [3.8, 4) is 12.3 Å². The van der Waals surface area contributed by atoms with Crippen molar-refractivity contribution in [3.63, 3.8) is 0 Å². The Morgan fingerprint density at radius 2 is 1.34 bits per heavy atom. The highest BCUT2D eigenvalue weighted by Crippen LogP contribution is 2.21. The van der Waals surface area contributed by atoms with E-state index in [1.165, 1.54) is 96.9 Å². The molecule has 396 valence electrons. The van der Waals surface area contributed by atoms with E-state index in [1.54, 1.807) is 38.3 Å². The van der Waals surface area contributed by atoms with Crippen molar-refractivity contribution in [2.75, 3.05) is 83.1 Å². The summed E-state index contributed by atoms with van der Waals surface area (Å²) < 4.78 is 5.57. The molecule has 3 rings (SSSR count). The number of thiol groups is 1. The van der Waals surface area contributed by atoms with Crippen LogP contribution in [0.4, 0.5) is 0 Å². The summed E-state index contributed by atoms with van der Waals surface area (Å²) in [5.74, 6) is 1.83. The maximum atomic E-state index is 11.0. The molecule has 0 aromatic carbocycles. The van der Waals surface area contributed by atoms with Gasteiger partial charge >= 0.3 is 0 Å². The predicted octanol–water partition coefficient (Wildman–Crippen LogP) is 4.60. The molecular formula is C42H86N14O8S4. The number of nitrogens with one attached hydrogen (secondary N) is 1. The van der Waals surface area contributed by atoms with Crippen LogP contribution in [0.5, 0.6) is 0 Å². The topological polar surface area (TPSA) is 329 Å². The lowest BCUT2D eigenvalue weighted by molar-refractivity contribution is -0.137. The second-order valence-electron chi connectivity index (χ2n) is 9.82. The van der Waals surface area contributed by atoms with Crippen molar-refractivity contribution < 1.29 is 38.3 Å². The molecule has 1 aromatic rings. The highest BCUT2D eigenvalue weighted by molar-refractivity contribution is 8.00. The monoisotopic (exact) mass is 1040 g/mol. The molecule has 0 radical (unpaired) electrons. The minimum Gasteiger partial charge on any atom is -0.471 e. The fourth-order valence-electron chi connectivity index (χ4n) is 2.19. The largest absolute Gasteiger partial charge is 0.471 e. The first-order chi connectivity index (χ1) is 32.3. The third-order valence-electron chi connectivity index (χ3n) is 5.55. The maximum Gasteiger partial charge on any atom is 0.292 e. The van der Waals surface area contributed by atoms with Gasteiger partial charge in [-0.3, -0.25) is 43.2 Å². The van der Waals surface area contributed by atoms with E-state index in [2.05, 4.69) is 114 Å². The van der Waals surface area contributed by atoms with E-state index in [1.807, 2.05) is 33.3 Å². The number of thioether (sulfide) groups is 1. The Labute approximate surface area is 428 Å². The standard InChI is InChI=1S/C6H9NO2S.C5H9N3.C5H5NO2.C5H10S.C4H6.C3H7NO.C3H7N.C2H3NS.C2H4O2.C2H4O.CH3N3.3CH5N.CH4S/c1-7-5(8)3-4(10-2)6(7)9;1-3-5-4-8(2)7-6-5;1-6-4(7)2-3-5(6)8;1-3-5(6)4-2;1-3-4-2;1-3(5)4-2;1-3-4-2;1-3-2-4;1-4-2-3;1-2-3;1-3-4-2;4*1-2/h4H,3H2,1-2H3;4H,3H2,1-2H3;2-3H,1H3;3-4H2,1-2H3;1H,4H2,2H3;1-2H3,(H,4,5);3H,1-2H3;1H3;2H,1H3;2H,1H3;1H3;3*2H2,1H3;2H,1H3. The smallest absolute Gasteiger partial charge is 0.292 e. The summed E-state index contributed by atoms with van der Waals surface area (Å²) in [4.78, 5) is 82.8. The number of hydrogen-bond donors (Lipinski definition) is 5. The van der Waals surface area contributed by atoms with Gasteiger partial charge in [0.05, 0.1) is 23.2 Å². The molecule has 1 saturated heterocycles. The lowest BCUT2D eigenvalue weighted by atomic mass is 10.3. The number of likely N-dealkylation sites (N-methyl/N-ethyl adjacent to an activating group) is 1. The Kier molecular flexibility index (Phi) is 126. The highest BCUT2D eigenvalue weighted by atomic mass is 32.2. The number of imide groups is 2. The second kappa shape index (κ2) is 92.1. The summed E-state index contributed by atoms with van der Waals surface area (Å²) in [7, 11) is 17.0. The summed E-state index contributed by atoms with van der Waals surface area (Å²) in [6.45, 7) is 13.4. The van der Waals surface area contributed by atoms with E-state index in [4.69, 9.17) is 33.8 Å².